The van der Waals surface area contributed by atoms with Crippen LogP contribution < -0.4 is 21.3 Å². The molecule has 1 aliphatic heterocycles. The predicted octanol–water partition coefficient (Wildman–Crippen LogP) is 4.28. The second-order valence-corrected chi connectivity index (χ2v) is 7.70. The van der Waals surface area contributed by atoms with Crippen molar-refractivity contribution >= 4 is 34.0 Å². The average molecular weight is 446 g/mol. The molecule has 2 heterocycles. The summed E-state index contributed by atoms with van der Waals surface area (Å²) in [6, 6.07) is 9.01. The summed E-state index contributed by atoms with van der Waals surface area (Å²) in [6.07, 6.45) is -4.47. The molecule has 0 radical (unpaired) electrons. The number of aromatic nitrogens is 2. The van der Waals surface area contributed by atoms with Crippen molar-refractivity contribution in [3.8, 4) is 0 Å². The highest BCUT2D eigenvalue weighted by atomic mass is 19.4. The highest BCUT2D eigenvalue weighted by Crippen LogP contribution is 2.34. The molecule has 0 saturated carbocycles. The smallest absolute Gasteiger partial charge is 0.399 e. The van der Waals surface area contributed by atoms with E-state index in [-0.39, 0.29) is 5.69 Å². The van der Waals surface area contributed by atoms with E-state index in [0.29, 0.717) is 30.5 Å². The molecule has 1 aromatic heterocycles. The van der Waals surface area contributed by atoms with Crippen molar-refractivity contribution < 1.29 is 17.9 Å². The molecule has 1 saturated heterocycles. The lowest BCUT2D eigenvalue weighted by Crippen LogP contribution is -2.36. The van der Waals surface area contributed by atoms with Crippen LogP contribution in [0.25, 0.3) is 10.9 Å². The largest absolute Gasteiger partial charge is 0.416 e. The Morgan fingerprint density at radius 1 is 1.09 bits per heavy atom. The standard InChI is InChI=1S/C22H25F3N6O/c1-13(14-9-15(22(23,24)25)11-16(26)10-14)28-20-18-12-17(31-5-7-32-8-6-31)3-4-19(18)29-21(27-2)30-20/h3-4,9-13H,5-8,26H2,1-2H3,(H2,27,28,29,30)/t13-/m1/s1. The van der Waals surface area contributed by atoms with Crippen LogP contribution in [0.1, 0.15) is 24.1 Å². The third kappa shape index (κ3) is 4.64. The van der Waals surface area contributed by atoms with Gasteiger partial charge in [-0.25, -0.2) is 4.98 Å². The minimum atomic E-state index is -4.47. The summed E-state index contributed by atoms with van der Waals surface area (Å²) in [5.41, 5.74) is 7.18. The zero-order valence-electron chi connectivity index (χ0n) is 17.8. The van der Waals surface area contributed by atoms with Crippen LogP contribution >= 0.6 is 0 Å². The van der Waals surface area contributed by atoms with Crippen LogP contribution in [-0.4, -0.2) is 43.3 Å². The molecule has 3 aromatic rings. The molecule has 1 fully saturated rings. The quantitative estimate of drug-likeness (QED) is 0.504. The number of halogens is 3. The molecule has 4 rings (SSSR count). The SMILES string of the molecule is CNc1nc(N[C@H](C)c2cc(N)cc(C(F)(F)F)c2)c2cc(N3CCOCC3)ccc2n1. The first-order valence-electron chi connectivity index (χ1n) is 10.3. The molecule has 1 atom stereocenters. The Kier molecular flexibility index (Phi) is 5.96. The normalized spacial score (nSPS) is 15.6. The first-order chi connectivity index (χ1) is 15.2. The number of nitrogens with two attached hydrogens (primary N) is 1. The van der Waals surface area contributed by atoms with Crippen molar-refractivity contribution in [1.82, 2.24) is 9.97 Å². The number of hydrogen-bond donors (Lipinski definition) is 3. The van der Waals surface area contributed by atoms with Crippen LogP contribution in [0.5, 0.6) is 0 Å². The zero-order chi connectivity index (χ0) is 22.9. The summed E-state index contributed by atoms with van der Waals surface area (Å²) in [7, 11) is 1.71. The van der Waals surface area contributed by atoms with Gasteiger partial charge in [-0.1, -0.05) is 0 Å². The maximum absolute atomic E-state index is 13.2. The number of rotatable bonds is 5. The molecule has 4 N–H and O–H groups in total. The number of benzene rings is 2. The molecule has 0 unspecified atom stereocenters. The molecule has 2 aromatic carbocycles. The van der Waals surface area contributed by atoms with Gasteiger partial charge in [-0.3, -0.25) is 0 Å². The lowest BCUT2D eigenvalue weighted by molar-refractivity contribution is -0.137. The van der Waals surface area contributed by atoms with Crippen LogP contribution in [0.3, 0.4) is 0 Å². The fourth-order valence-corrected chi connectivity index (χ4v) is 3.74. The van der Waals surface area contributed by atoms with Gasteiger partial charge in [0.05, 0.1) is 30.3 Å². The minimum absolute atomic E-state index is 0.0570. The molecule has 10 heteroatoms. The molecular formula is C22H25F3N6O. The molecule has 0 bridgehead atoms. The first-order valence-corrected chi connectivity index (χ1v) is 10.3. The zero-order valence-corrected chi connectivity index (χ0v) is 17.8. The van der Waals surface area contributed by atoms with Crippen LogP contribution in [0.15, 0.2) is 36.4 Å². The second kappa shape index (κ2) is 8.70. The van der Waals surface area contributed by atoms with Crippen molar-refractivity contribution in [1.29, 1.82) is 0 Å². The molecule has 0 amide bonds. The second-order valence-electron chi connectivity index (χ2n) is 7.70. The number of alkyl halides is 3. The molecule has 1 aliphatic rings. The molecule has 170 valence electrons. The molecule has 0 aliphatic carbocycles. The Hall–Kier alpha value is -3.27. The third-order valence-corrected chi connectivity index (χ3v) is 5.44. The Morgan fingerprint density at radius 3 is 2.53 bits per heavy atom. The lowest BCUT2D eigenvalue weighted by Gasteiger charge is -2.29. The highest BCUT2D eigenvalue weighted by Gasteiger charge is 2.31. The molecule has 7 nitrogen and oxygen atoms in total. The summed E-state index contributed by atoms with van der Waals surface area (Å²) in [6.45, 7) is 4.65. The van der Waals surface area contributed by atoms with Crippen LogP contribution in [0.4, 0.5) is 36.3 Å². The summed E-state index contributed by atoms with van der Waals surface area (Å²) in [5.74, 6) is 0.938. The highest BCUT2D eigenvalue weighted by molar-refractivity contribution is 5.93. The topological polar surface area (TPSA) is 88.3 Å². The average Bonchev–Trinajstić information content (AvgIpc) is 2.78. The Morgan fingerprint density at radius 2 is 1.84 bits per heavy atom. The lowest BCUT2D eigenvalue weighted by atomic mass is 10.0. The van der Waals surface area contributed by atoms with E-state index in [9.17, 15) is 13.2 Å². The van der Waals surface area contributed by atoms with Gasteiger partial charge in [-0.05, 0) is 48.9 Å². The van der Waals surface area contributed by atoms with Crippen LogP contribution in [0.2, 0.25) is 0 Å². The summed E-state index contributed by atoms with van der Waals surface area (Å²) in [4.78, 5) is 11.3. The number of morpholine rings is 1. The van der Waals surface area contributed by atoms with E-state index in [1.165, 1.54) is 6.07 Å². The van der Waals surface area contributed by atoms with Crippen LogP contribution in [0, 0.1) is 0 Å². The summed E-state index contributed by atoms with van der Waals surface area (Å²) in [5, 5.41) is 6.96. The van der Waals surface area contributed by atoms with E-state index in [0.717, 1.165) is 41.8 Å². The number of fused-ring (bicyclic) bond motifs is 1. The fourth-order valence-electron chi connectivity index (χ4n) is 3.74. The number of nitrogen functional groups attached to an aromatic ring is 1. The Labute approximate surface area is 183 Å². The maximum Gasteiger partial charge on any atom is 0.416 e. The van der Waals surface area contributed by atoms with E-state index in [2.05, 4.69) is 25.5 Å². The van der Waals surface area contributed by atoms with Crippen LogP contribution in [-0.2, 0) is 10.9 Å². The number of anilines is 4. The van der Waals surface area contributed by atoms with Gasteiger partial charge < -0.3 is 26.0 Å². The number of hydrogen-bond acceptors (Lipinski definition) is 7. The van der Waals surface area contributed by atoms with Crippen molar-refractivity contribution in [2.75, 3.05) is 54.6 Å². The summed E-state index contributed by atoms with van der Waals surface area (Å²) < 4.78 is 45.2. The van der Waals surface area contributed by atoms with Gasteiger partial charge in [-0.2, -0.15) is 18.2 Å². The minimum Gasteiger partial charge on any atom is -0.399 e. The van der Waals surface area contributed by atoms with Crippen molar-refractivity contribution in [2.24, 2.45) is 0 Å². The fraction of sp³-hybridized carbons (Fsp3) is 0.364. The van der Waals surface area contributed by atoms with Gasteiger partial charge in [-0.15, -0.1) is 0 Å². The van der Waals surface area contributed by atoms with Gasteiger partial charge in [0.1, 0.15) is 5.82 Å². The van der Waals surface area contributed by atoms with Gasteiger partial charge >= 0.3 is 6.18 Å². The predicted molar refractivity (Wildman–Crippen MR) is 120 cm³/mol. The van der Waals surface area contributed by atoms with Gasteiger partial charge in [0.25, 0.3) is 0 Å². The summed E-state index contributed by atoms with van der Waals surface area (Å²) >= 11 is 0. The molecular weight excluding hydrogens is 421 g/mol. The Balaban J connectivity index is 1.71. The van der Waals surface area contributed by atoms with Crippen molar-refractivity contribution in [3.05, 3.63) is 47.5 Å². The third-order valence-electron chi connectivity index (χ3n) is 5.44. The van der Waals surface area contributed by atoms with Gasteiger partial charge in [0.15, 0.2) is 0 Å². The molecule has 32 heavy (non-hydrogen) atoms. The first kappa shape index (κ1) is 21.9. The van der Waals surface area contributed by atoms with E-state index in [1.54, 1.807) is 14.0 Å². The van der Waals surface area contributed by atoms with Crippen molar-refractivity contribution in [2.45, 2.75) is 19.1 Å². The van der Waals surface area contributed by atoms with E-state index in [4.69, 9.17) is 10.5 Å². The molecule has 0 spiro atoms. The number of nitrogens with one attached hydrogen (secondary N) is 2. The Bertz CT molecular complexity index is 1110. The van der Waals surface area contributed by atoms with E-state index < -0.39 is 17.8 Å². The van der Waals surface area contributed by atoms with Gasteiger partial charge in [0.2, 0.25) is 5.95 Å². The van der Waals surface area contributed by atoms with Crippen molar-refractivity contribution in [3.63, 3.8) is 0 Å². The number of ether oxygens (including phenoxy) is 1. The number of nitrogens with zero attached hydrogens (tertiary/aromatic N) is 3. The van der Waals surface area contributed by atoms with E-state index in [1.807, 2.05) is 18.2 Å². The monoisotopic (exact) mass is 446 g/mol. The van der Waals surface area contributed by atoms with E-state index >= 15 is 0 Å². The maximum atomic E-state index is 13.2. The van der Waals surface area contributed by atoms with Gasteiger partial charge in [0, 0.05) is 36.9 Å².